The lowest BCUT2D eigenvalue weighted by atomic mass is 10.1. The number of morpholine rings is 1. The molecule has 0 bridgehead atoms. The first-order chi connectivity index (χ1) is 12.7. The van der Waals surface area contributed by atoms with E-state index in [0.717, 1.165) is 18.7 Å². The summed E-state index contributed by atoms with van der Waals surface area (Å²) in [5.74, 6) is -0.743. The third-order valence-corrected chi connectivity index (χ3v) is 4.47. The zero-order valence-electron chi connectivity index (χ0n) is 14.8. The largest absolute Gasteiger partial charge is 0.494 e. The van der Waals surface area contributed by atoms with Crippen LogP contribution in [0.2, 0.25) is 0 Å². The predicted molar refractivity (Wildman–Crippen MR) is 96.9 cm³/mol. The van der Waals surface area contributed by atoms with Crippen LogP contribution < -0.4 is 10.1 Å². The number of rotatable bonds is 6. The van der Waals surface area contributed by atoms with Crippen LogP contribution >= 0.6 is 0 Å². The summed E-state index contributed by atoms with van der Waals surface area (Å²) in [6.07, 6.45) is 0. The molecule has 6 heteroatoms. The van der Waals surface area contributed by atoms with Crippen molar-refractivity contribution < 1.29 is 18.7 Å². The number of carbonyl (C=O) groups is 1. The van der Waals surface area contributed by atoms with Crippen LogP contribution in [0.15, 0.2) is 48.5 Å². The van der Waals surface area contributed by atoms with Crippen LogP contribution in [0.1, 0.15) is 22.0 Å². The lowest BCUT2D eigenvalue weighted by molar-refractivity contribution is 0.0332. The van der Waals surface area contributed by atoms with Crippen molar-refractivity contribution in [2.75, 3.05) is 40.0 Å². The van der Waals surface area contributed by atoms with Crippen molar-refractivity contribution in [1.82, 2.24) is 10.2 Å². The molecule has 1 N–H and O–H groups in total. The zero-order chi connectivity index (χ0) is 18.4. The molecular weight excluding hydrogens is 335 g/mol. The number of amides is 1. The fourth-order valence-electron chi connectivity index (χ4n) is 3.01. The zero-order valence-corrected chi connectivity index (χ0v) is 14.8. The Morgan fingerprint density at radius 2 is 1.96 bits per heavy atom. The van der Waals surface area contributed by atoms with Gasteiger partial charge in [-0.15, -0.1) is 0 Å². The van der Waals surface area contributed by atoms with Gasteiger partial charge in [-0.25, -0.2) is 4.39 Å². The number of halogens is 1. The molecule has 1 aliphatic heterocycles. The highest BCUT2D eigenvalue weighted by molar-refractivity contribution is 5.94. The second-order valence-electron chi connectivity index (χ2n) is 6.20. The van der Waals surface area contributed by atoms with Crippen LogP contribution in [0.25, 0.3) is 0 Å². The molecule has 0 unspecified atom stereocenters. The molecule has 0 saturated carbocycles. The van der Waals surface area contributed by atoms with E-state index in [9.17, 15) is 9.18 Å². The van der Waals surface area contributed by atoms with Gasteiger partial charge >= 0.3 is 0 Å². The van der Waals surface area contributed by atoms with Crippen LogP contribution in [0.3, 0.4) is 0 Å². The van der Waals surface area contributed by atoms with Crippen molar-refractivity contribution in [2.24, 2.45) is 0 Å². The molecular formula is C20H23FN2O3. The van der Waals surface area contributed by atoms with Gasteiger partial charge in [0.15, 0.2) is 11.6 Å². The smallest absolute Gasteiger partial charge is 0.251 e. The molecule has 0 aliphatic carbocycles. The van der Waals surface area contributed by atoms with Gasteiger partial charge in [0.05, 0.1) is 26.4 Å². The summed E-state index contributed by atoms with van der Waals surface area (Å²) in [4.78, 5) is 14.9. The highest BCUT2D eigenvalue weighted by atomic mass is 19.1. The van der Waals surface area contributed by atoms with Gasteiger partial charge in [-0.05, 0) is 23.8 Å². The first-order valence-corrected chi connectivity index (χ1v) is 8.67. The maximum Gasteiger partial charge on any atom is 0.251 e. The molecule has 1 aliphatic rings. The van der Waals surface area contributed by atoms with E-state index in [2.05, 4.69) is 10.2 Å². The van der Waals surface area contributed by atoms with E-state index in [1.165, 1.54) is 19.2 Å². The van der Waals surface area contributed by atoms with E-state index in [1.54, 1.807) is 6.07 Å². The van der Waals surface area contributed by atoms with Gasteiger partial charge < -0.3 is 14.8 Å². The van der Waals surface area contributed by atoms with Crippen molar-refractivity contribution in [3.63, 3.8) is 0 Å². The number of carbonyl (C=O) groups excluding carboxylic acids is 1. The van der Waals surface area contributed by atoms with Crippen LogP contribution in [-0.2, 0) is 4.74 Å². The van der Waals surface area contributed by atoms with E-state index in [1.807, 2.05) is 30.3 Å². The van der Waals surface area contributed by atoms with Crippen molar-refractivity contribution in [1.29, 1.82) is 0 Å². The van der Waals surface area contributed by atoms with Gasteiger partial charge in [0.25, 0.3) is 5.91 Å². The third-order valence-electron chi connectivity index (χ3n) is 4.47. The van der Waals surface area contributed by atoms with E-state index < -0.39 is 5.82 Å². The van der Waals surface area contributed by atoms with Gasteiger partial charge in [0, 0.05) is 25.2 Å². The molecule has 1 fully saturated rings. The molecule has 1 heterocycles. The summed E-state index contributed by atoms with van der Waals surface area (Å²) in [5.41, 5.74) is 1.28. The Labute approximate surface area is 152 Å². The molecule has 3 rings (SSSR count). The fourth-order valence-corrected chi connectivity index (χ4v) is 3.01. The molecule has 2 aromatic carbocycles. The van der Waals surface area contributed by atoms with Crippen LogP contribution in [0.5, 0.6) is 5.75 Å². The van der Waals surface area contributed by atoms with Crippen LogP contribution in [-0.4, -0.2) is 50.8 Å². The highest BCUT2D eigenvalue weighted by Gasteiger charge is 2.21. The minimum absolute atomic E-state index is 0.120. The van der Waals surface area contributed by atoms with Crippen molar-refractivity contribution in [2.45, 2.75) is 6.04 Å². The Kier molecular flexibility index (Phi) is 6.20. The molecule has 2 aromatic rings. The molecule has 26 heavy (non-hydrogen) atoms. The second-order valence-corrected chi connectivity index (χ2v) is 6.20. The Morgan fingerprint density at radius 3 is 2.62 bits per heavy atom. The third kappa shape index (κ3) is 4.59. The summed E-state index contributed by atoms with van der Waals surface area (Å²) < 4.78 is 24.2. The molecule has 0 radical (unpaired) electrons. The van der Waals surface area contributed by atoms with Gasteiger partial charge in [0.1, 0.15) is 0 Å². The lowest BCUT2D eigenvalue weighted by Gasteiger charge is -2.31. The molecule has 138 valence electrons. The summed E-state index contributed by atoms with van der Waals surface area (Å²) in [6.45, 7) is 3.72. The first kappa shape index (κ1) is 18.4. The molecule has 0 spiro atoms. The number of methoxy groups -OCH3 is 1. The number of benzene rings is 2. The normalized spacial score (nSPS) is 16.1. The van der Waals surface area contributed by atoms with Crippen molar-refractivity contribution >= 4 is 5.91 Å². The maximum atomic E-state index is 13.9. The lowest BCUT2D eigenvalue weighted by Crippen LogP contribution is -2.43. The monoisotopic (exact) mass is 358 g/mol. The molecule has 0 aromatic heterocycles. The minimum Gasteiger partial charge on any atom is -0.494 e. The maximum absolute atomic E-state index is 13.9. The van der Waals surface area contributed by atoms with Crippen LogP contribution in [0.4, 0.5) is 4.39 Å². The second kappa shape index (κ2) is 8.78. The van der Waals surface area contributed by atoms with E-state index in [-0.39, 0.29) is 23.3 Å². The Hall–Kier alpha value is -2.44. The van der Waals surface area contributed by atoms with Gasteiger partial charge in [-0.1, -0.05) is 30.3 Å². The number of nitrogens with one attached hydrogen (secondary N) is 1. The predicted octanol–water partition coefficient (Wildman–Crippen LogP) is 2.64. The number of nitrogens with zero attached hydrogens (tertiary/aromatic N) is 1. The molecule has 5 nitrogen and oxygen atoms in total. The van der Waals surface area contributed by atoms with Gasteiger partial charge in [0.2, 0.25) is 0 Å². The van der Waals surface area contributed by atoms with E-state index in [0.29, 0.717) is 19.8 Å². The Bertz CT molecular complexity index is 733. The molecule has 1 atom stereocenters. The minimum atomic E-state index is -0.551. The highest BCUT2D eigenvalue weighted by Crippen LogP contribution is 2.20. The summed E-state index contributed by atoms with van der Waals surface area (Å²) in [6, 6.07) is 13.8. The first-order valence-electron chi connectivity index (χ1n) is 8.67. The number of hydrogen-bond donors (Lipinski definition) is 1. The number of ether oxygens (including phenoxy) is 2. The fraction of sp³-hybridized carbons (Fsp3) is 0.350. The summed E-state index contributed by atoms with van der Waals surface area (Å²) >= 11 is 0. The van der Waals surface area contributed by atoms with Gasteiger partial charge in [-0.3, -0.25) is 9.69 Å². The number of hydrogen-bond acceptors (Lipinski definition) is 4. The Morgan fingerprint density at radius 1 is 1.23 bits per heavy atom. The van der Waals surface area contributed by atoms with Crippen LogP contribution in [0, 0.1) is 5.82 Å². The molecule has 1 saturated heterocycles. The average molecular weight is 358 g/mol. The van der Waals surface area contributed by atoms with Crippen molar-refractivity contribution in [3.8, 4) is 5.75 Å². The Balaban J connectivity index is 1.76. The van der Waals surface area contributed by atoms with E-state index >= 15 is 0 Å². The quantitative estimate of drug-likeness (QED) is 0.863. The van der Waals surface area contributed by atoms with Crippen molar-refractivity contribution in [3.05, 3.63) is 65.5 Å². The SMILES string of the molecule is COc1ccc(C(=O)N[C@@H](CN2CCOCC2)c2ccccc2)cc1F. The van der Waals surface area contributed by atoms with E-state index in [4.69, 9.17) is 9.47 Å². The summed E-state index contributed by atoms with van der Waals surface area (Å²) in [5, 5.41) is 3.03. The molecule has 1 amide bonds. The van der Waals surface area contributed by atoms with Gasteiger partial charge in [-0.2, -0.15) is 0 Å². The average Bonchev–Trinajstić information content (AvgIpc) is 2.69. The summed E-state index contributed by atoms with van der Waals surface area (Å²) in [7, 11) is 1.39. The standard InChI is InChI=1S/C20H23FN2O3/c1-25-19-8-7-16(13-17(19)21)20(24)22-18(15-5-3-2-4-6-15)14-23-9-11-26-12-10-23/h2-8,13,18H,9-12,14H2,1H3,(H,22,24)/t18-/m0/s1. The topological polar surface area (TPSA) is 50.8 Å².